The maximum Gasteiger partial charge on any atom is 0.299 e. The molecule has 0 aliphatic heterocycles. The molecule has 4 heteroatoms. The Labute approximate surface area is 300 Å². The molecule has 4 nitrogen and oxygen atoms in total. The Morgan fingerprint density at radius 2 is 1.39 bits per heavy atom. The van der Waals surface area contributed by atoms with Gasteiger partial charge in [-0.15, -0.1) is 0 Å². The van der Waals surface area contributed by atoms with Crippen molar-refractivity contribution < 1.29 is 8.98 Å². The molecule has 3 heterocycles. The van der Waals surface area contributed by atoms with Crippen LogP contribution in [0, 0.1) is 6.92 Å². The summed E-state index contributed by atoms with van der Waals surface area (Å²) in [5.74, 6) is 1.69. The van der Waals surface area contributed by atoms with E-state index in [2.05, 4.69) is 174 Å². The number of benzene rings is 5. The lowest BCUT2D eigenvalue weighted by atomic mass is 9.85. The summed E-state index contributed by atoms with van der Waals surface area (Å²) in [5, 5.41) is 1.05. The van der Waals surface area contributed by atoms with Gasteiger partial charge in [0.25, 0.3) is 5.82 Å². The Kier molecular flexibility index (Phi) is 6.96. The van der Waals surface area contributed by atoms with Gasteiger partial charge in [-0.25, -0.2) is 9.55 Å². The fourth-order valence-corrected chi connectivity index (χ4v) is 8.64. The third kappa shape index (κ3) is 4.51. The fraction of sp³-hybridized carbons (Fsp3) is 0.234. The molecule has 5 aromatic carbocycles. The highest BCUT2D eigenvalue weighted by atomic mass is 16.3. The Hall–Kier alpha value is -5.48. The number of fused-ring (bicyclic) bond motifs is 7. The second kappa shape index (κ2) is 11.3. The van der Waals surface area contributed by atoms with Crippen molar-refractivity contribution >= 4 is 33.1 Å². The van der Waals surface area contributed by atoms with Gasteiger partial charge in [0.1, 0.15) is 16.8 Å². The Morgan fingerprint density at radius 3 is 2.12 bits per heavy atom. The van der Waals surface area contributed by atoms with Crippen LogP contribution in [0.2, 0.25) is 0 Å². The van der Waals surface area contributed by atoms with E-state index >= 15 is 0 Å². The molecule has 0 bridgehead atoms. The SMILES string of the molecule is Cc1ccc2c(oc3cc4c(nc32)C(C)(C)c2ccccc2-4)c1-c1n(-c2c(C(C)C)cc(-c3ccccc3)cc2C(C)C)c2ccccc2[n+]1C. The quantitative estimate of drug-likeness (QED) is 0.171. The van der Waals surface area contributed by atoms with Gasteiger partial charge in [-0.1, -0.05) is 114 Å². The van der Waals surface area contributed by atoms with Gasteiger partial charge in [-0.3, -0.25) is 0 Å². The zero-order chi connectivity index (χ0) is 35.3. The zero-order valence-electron chi connectivity index (χ0n) is 30.8. The number of aromatic nitrogens is 3. The molecule has 252 valence electrons. The van der Waals surface area contributed by atoms with E-state index in [0.717, 1.165) is 44.7 Å². The van der Waals surface area contributed by atoms with Gasteiger partial charge >= 0.3 is 0 Å². The Balaban J connectivity index is 1.38. The third-order valence-electron chi connectivity index (χ3n) is 11.3. The first-order chi connectivity index (χ1) is 24.6. The first kappa shape index (κ1) is 31.5. The van der Waals surface area contributed by atoms with Crippen LogP contribution >= 0.6 is 0 Å². The molecular formula is C47H44N3O+. The number of rotatable bonds is 5. The Morgan fingerprint density at radius 1 is 0.725 bits per heavy atom. The van der Waals surface area contributed by atoms with E-state index in [1.807, 2.05) is 0 Å². The number of para-hydroxylation sites is 2. The van der Waals surface area contributed by atoms with Crippen LogP contribution in [0.25, 0.3) is 72.4 Å². The minimum absolute atomic E-state index is 0.192. The molecule has 51 heavy (non-hydrogen) atoms. The van der Waals surface area contributed by atoms with Crippen molar-refractivity contribution in [2.45, 2.75) is 65.7 Å². The monoisotopic (exact) mass is 666 g/mol. The fourth-order valence-electron chi connectivity index (χ4n) is 8.64. The van der Waals surface area contributed by atoms with Crippen LogP contribution in [0.5, 0.6) is 0 Å². The average molecular weight is 667 g/mol. The van der Waals surface area contributed by atoms with Crippen molar-refractivity contribution in [2.75, 3.05) is 0 Å². The van der Waals surface area contributed by atoms with Gasteiger partial charge in [0.05, 0.1) is 12.7 Å². The second-order valence-electron chi connectivity index (χ2n) is 15.5. The van der Waals surface area contributed by atoms with E-state index in [-0.39, 0.29) is 5.41 Å². The number of hydrogen-bond donors (Lipinski definition) is 0. The molecule has 0 radical (unpaired) electrons. The molecule has 0 spiro atoms. The highest BCUT2D eigenvalue weighted by Crippen LogP contribution is 2.50. The lowest BCUT2D eigenvalue weighted by Gasteiger charge is -2.21. The van der Waals surface area contributed by atoms with Gasteiger partial charge in [0, 0.05) is 27.5 Å². The average Bonchev–Trinajstić information content (AvgIpc) is 3.72. The minimum Gasteiger partial charge on any atom is -0.453 e. The van der Waals surface area contributed by atoms with Crippen molar-refractivity contribution in [2.24, 2.45) is 7.05 Å². The van der Waals surface area contributed by atoms with Crippen LogP contribution in [0.15, 0.2) is 114 Å². The Bertz CT molecular complexity index is 2660. The lowest BCUT2D eigenvalue weighted by molar-refractivity contribution is -0.633. The van der Waals surface area contributed by atoms with E-state index in [1.165, 1.54) is 55.7 Å². The molecule has 3 aromatic heterocycles. The smallest absolute Gasteiger partial charge is 0.299 e. The van der Waals surface area contributed by atoms with Gasteiger partial charge in [-0.05, 0) is 83.0 Å². The summed E-state index contributed by atoms with van der Waals surface area (Å²) in [5.41, 5.74) is 18.3. The van der Waals surface area contributed by atoms with Gasteiger partial charge in [0.2, 0.25) is 0 Å². The number of pyridine rings is 1. The summed E-state index contributed by atoms with van der Waals surface area (Å²) in [6.45, 7) is 16.1. The number of aryl methyl sites for hydroxylation is 2. The normalized spacial score (nSPS) is 13.6. The maximum absolute atomic E-state index is 7.01. The molecular weight excluding hydrogens is 623 g/mol. The first-order valence-corrected chi connectivity index (χ1v) is 18.3. The van der Waals surface area contributed by atoms with Crippen LogP contribution in [0.4, 0.5) is 0 Å². The predicted octanol–water partition coefficient (Wildman–Crippen LogP) is 11.9. The van der Waals surface area contributed by atoms with E-state index in [1.54, 1.807) is 0 Å². The van der Waals surface area contributed by atoms with Crippen molar-refractivity contribution in [1.82, 2.24) is 9.55 Å². The minimum atomic E-state index is -0.192. The van der Waals surface area contributed by atoms with Crippen molar-refractivity contribution in [3.05, 3.63) is 137 Å². The largest absolute Gasteiger partial charge is 0.453 e. The van der Waals surface area contributed by atoms with E-state index in [4.69, 9.17) is 9.40 Å². The van der Waals surface area contributed by atoms with Gasteiger partial charge < -0.3 is 4.42 Å². The predicted molar refractivity (Wildman–Crippen MR) is 211 cm³/mol. The van der Waals surface area contributed by atoms with Gasteiger partial charge in [0.15, 0.2) is 22.2 Å². The topological polar surface area (TPSA) is 34.8 Å². The molecule has 0 saturated heterocycles. The van der Waals surface area contributed by atoms with E-state index in [9.17, 15) is 0 Å². The lowest BCUT2D eigenvalue weighted by Crippen LogP contribution is -2.30. The van der Waals surface area contributed by atoms with Crippen LogP contribution in [-0.2, 0) is 12.5 Å². The summed E-state index contributed by atoms with van der Waals surface area (Å²) in [4.78, 5) is 5.43. The summed E-state index contributed by atoms with van der Waals surface area (Å²) < 4.78 is 11.9. The standard InChI is InChI=1S/C47H44N3O/c1-27(2)34-24-31(30-16-10-9-11-17-30)25-35(28(3)4)43(34)50-39-21-15-14-20-38(39)49(8)46(50)41-29(5)22-23-33-42-40(51-44(33)41)26-36-32-18-12-13-19-37(32)47(6,7)45(36)48-42/h9-28H,1-8H3/q+1. The molecule has 8 aromatic rings. The second-order valence-corrected chi connectivity index (χ2v) is 15.5. The molecule has 0 atom stereocenters. The third-order valence-corrected chi connectivity index (χ3v) is 11.3. The maximum atomic E-state index is 7.01. The molecule has 1 aliphatic carbocycles. The molecule has 0 saturated carbocycles. The summed E-state index contributed by atoms with van der Waals surface area (Å²) in [7, 11) is 2.20. The molecule has 1 aliphatic rings. The number of imidazole rings is 1. The van der Waals surface area contributed by atoms with Crippen LogP contribution in [-0.4, -0.2) is 9.55 Å². The van der Waals surface area contributed by atoms with Crippen molar-refractivity contribution in [3.8, 4) is 39.3 Å². The summed E-state index contributed by atoms with van der Waals surface area (Å²) >= 11 is 0. The summed E-state index contributed by atoms with van der Waals surface area (Å²) in [6, 6.07) is 39.8. The number of nitrogens with zero attached hydrogens (tertiary/aromatic N) is 3. The molecule has 0 N–H and O–H groups in total. The molecule has 9 rings (SSSR count). The van der Waals surface area contributed by atoms with Crippen LogP contribution < -0.4 is 4.57 Å². The molecule has 0 fully saturated rings. The first-order valence-electron chi connectivity index (χ1n) is 18.3. The van der Waals surface area contributed by atoms with E-state index in [0.29, 0.717) is 11.8 Å². The molecule has 0 unspecified atom stereocenters. The van der Waals surface area contributed by atoms with E-state index < -0.39 is 0 Å². The van der Waals surface area contributed by atoms with Crippen LogP contribution in [0.1, 0.15) is 81.3 Å². The number of furan rings is 1. The van der Waals surface area contributed by atoms with Crippen LogP contribution in [0.3, 0.4) is 0 Å². The van der Waals surface area contributed by atoms with Gasteiger partial charge in [-0.2, -0.15) is 4.57 Å². The summed E-state index contributed by atoms with van der Waals surface area (Å²) in [6.07, 6.45) is 0. The van der Waals surface area contributed by atoms with Crippen molar-refractivity contribution in [1.29, 1.82) is 0 Å². The zero-order valence-corrected chi connectivity index (χ0v) is 30.8. The number of hydrogen-bond acceptors (Lipinski definition) is 2. The van der Waals surface area contributed by atoms with Crippen molar-refractivity contribution in [3.63, 3.8) is 0 Å². The highest BCUT2D eigenvalue weighted by molar-refractivity contribution is 6.09. The molecule has 0 amide bonds. The highest BCUT2D eigenvalue weighted by Gasteiger charge is 2.39.